The summed E-state index contributed by atoms with van der Waals surface area (Å²) in [6.45, 7) is 2.00. The van der Waals surface area contributed by atoms with Gasteiger partial charge in [0.1, 0.15) is 4.75 Å². The summed E-state index contributed by atoms with van der Waals surface area (Å²) in [5.74, 6) is 0. The molecule has 3 rings (SSSR count). The lowest BCUT2D eigenvalue weighted by atomic mass is 9.87. The number of sulfonamides is 1. The summed E-state index contributed by atoms with van der Waals surface area (Å²) >= 11 is 0. The molecular weight excluding hydrogens is 262 g/mol. The summed E-state index contributed by atoms with van der Waals surface area (Å²) < 4.78 is 26.4. The zero-order chi connectivity index (χ0) is 13.7. The molecule has 1 aromatic heterocycles. The quantitative estimate of drug-likeness (QED) is 0.705. The smallest absolute Gasteiger partial charge is 0.224 e. The Morgan fingerprint density at radius 2 is 1.95 bits per heavy atom. The third kappa shape index (κ3) is 1.74. The van der Waals surface area contributed by atoms with E-state index in [9.17, 15) is 8.42 Å². The largest absolute Gasteiger partial charge is 0.306 e. The predicted molar refractivity (Wildman–Crippen MR) is 73.0 cm³/mol. The molecule has 5 nitrogen and oxygen atoms in total. The third-order valence-corrected chi connectivity index (χ3v) is 7.02. The Kier molecular flexibility index (Phi) is 2.92. The molecule has 1 fully saturated rings. The van der Waals surface area contributed by atoms with Gasteiger partial charge in [-0.15, -0.1) is 0 Å². The van der Waals surface area contributed by atoms with E-state index in [1.54, 1.807) is 13.2 Å². The maximum absolute atomic E-state index is 12.8. The second kappa shape index (κ2) is 4.26. The number of nitrogens with zero attached hydrogens (tertiary/aromatic N) is 3. The second-order valence-corrected chi connectivity index (χ2v) is 7.91. The molecule has 2 aliphatic rings. The molecule has 0 aliphatic carbocycles. The van der Waals surface area contributed by atoms with Crippen molar-refractivity contribution < 1.29 is 8.42 Å². The third-order valence-electron chi connectivity index (χ3n) is 4.45. The predicted octanol–water partition coefficient (Wildman–Crippen LogP) is 0.778. The number of aromatic nitrogens is 1. The Morgan fingerprint density at radius 3 is 2.63 bits per heavy atom. The van der Waals surface area contributed by atoms with Crippen molar-refractivity contribution in [3.8, 4) is 0 Å². The standard InChI is InChI=1S/C13H19N3O2S/c1-15-8-5-13(6-9-15)11-4-3-7-14-12(11)10-16(2)19(13,17)18/h3-4,7H,5-6,8-10H2,1-2H3. The number of piperidine rings is 1. The van der Waals surface area contributed by atoms with Crippen molar-refractivity contribution in [1.29, 1.82) is 0 Å². The molecule has 0 amide bonds. The van der Waals surface area contributed by atoms with Crippen LogP contribution < -0.4 is 0 Å². The number of rotatable bonds is 0. The molecule has 104 valence electrons. The molecule has 0 bridgehead atoms. The van der Waals surface area contributed by atoms with Gasteiger partial charge in [0.2, 0.25) is 10.0 Å². The van der Waals surface area contributed by atoms with Crippen molar-refractivity contribution in [3.05, 3.63) is 29.6 Å². The van der Waals surface area contributed by atoms with Crippen LogP contribution in [-0.2, 0) is 21.3 Å². The number of hydrogen-bond acceptors (Lipinski definition) is 4. The van der Waals surface area contributed by atoms with Gasteiger partial charge in [0.15, 0.2) is 0 Å². The van der Waals surface area contributed by atoms with E-state index in [0.29, 0.717) is 19.4 Å². The molecule has 6 heteroatoms. The molecule has 0 N–H and O–H groups in total. The fourth-order valence-corrected chi connectivity index (χ4v) is 5.27. The van der Waals surface area contributed by atoms with Gasteiger partial charge in [-0.05, 0) is 44.6 Å². The normalized spacial score (nSPS) is 26.2. The first kappa shape index (κ1) is 13.0. The summed E-state index contributed by atoms with van der Waals surface area (Å²) in [7, 11) is 0.403. The minimum atomic E-state index is -3.30. The highest BCUT2D eigenvalue weighted by Gasteiger charge is 2.52. The summed E-state index contributed by atoms with van der Waals surface area (Å²) in [4.78, 5) is 6.57. The average molecular weight is 281 g/mol. The zero-order valence-corrected chi connectivity index (χ0v) is 12.2. The molecule has 1 spiro atoms. The minimum Gasteiger partial charge on any atom is -0.306 e. The van der Waals surface area contributed by atoms with Crippen LogP contribution in [0.15, 0.2) is 18.3 Å². The van der Waals surface area contributed by atoms with Crippen LogP contribution in [0.1, 0.15) is 24.1 Å². The fourth-order valence-electron chi connectivity index (χ4n) is 3.22. The topological polar surface area (TPSA) is 53.5 Å². The summed E-state index contributed by atoms with van der Waals surface area (Å²) in [6, 6.07) is 3.79. The van der Waals surface area contributed by atoms with Crippen molar-refractivity contribution >= 4 is 10.0 Å². The van der Waals surface area contributed by atoms with Crippen LogP contribution in [0, 0.1) is 0 Å². The van der Waals surface area contributed by atoms with E-state index in [1.807, 2.05) is 19.2 Å². The van der Waals surface area contributed by atoms with E-state index in [2.05, 4.69) is 9.88 Å². The van der Waals surface area contributed by atoms with Crippen molar-refractivity contribution in [1.82, 2.24) is 14.2 Å². The van der Waals surface area contributed by atoms with E-state index in [-0.39, 0.29) is 0 Å². The van der Waals surface area contributed by atoms with Crippen molar-refractivity contribution in [2.45, 2.75) is 24.1 Å². The van der Waals surface area contributed by atoms with Gasteiger partial charge in [-0.3, -0.25) is 4.98 Å². The van der Waals surface area contributed by atoms with Crippen LogP contribution in [0.5, 0.6) is 0 Å². The molecule has 2 aliphatic heterocycles. The zero-order valence-electron chi connectivity index (χ0n) is 11.3. The first-order valence-corrected chi connectivity index (χ1v) is 8.00. The van der Waals surface area contributed by atoms with Gasteiger partial charge >= 0.3 is 0 Å². The van der Waals surface area contributed by atoms with Crippen LogP contribution in [0.25, 0.3) is 0 Å². The van der Waals surface area contributed by atoms with Gasteiger partial charge in [-0.25, -0.2) is 8.42 Å². The Bertz CT molecular complexity index is 592. The van der Waals surface area contributed by atoms with E-state index in [0.717, 1.165) is 24.3 Å². The SMILES string of the molecule is CN1CCC2(CC1)c1cccnc1CN(C)S2(=O)=O. The number of likely N-dealkylation sites (tertiary alicyclic amines) is 1. The van der Waals surface area contributed by atoms with Crippen molar-refractivity contribution in [2.24, 2.45) is 0 Å². The van der Waals surface area contributed by atoms with Crippen LogP contribution in [0.4, 0.5) is 0 Å². The fraction of sp³-hybridized carbons (Fsp3) is 0.615. The average Bonchev–Trinajstić information content (AvgIpc) is 2.39. The first-order chi connectivity index (χ1) is 8.97. The van der Waals surface area contributed by atoms with Crippen LogP contribution in [0.2, 0.25) is 0 Å². The van der Waals surface area contributed by atoms with Crippen molar-refractivity contribution in [2.75, 3.05) is 27.2 Å². The van der Waals surface area contributed by atoms with Crippen LogP contribution >= 0.6 is 0 Å². The van der Waals surface area contributed by atoms with Crippen molar-refractivity contribution in [3.63, 3.8) is 0 Å². The van der Waals surface area contributed by atoms with Gasteiger partial charge < -0.3 is 4.90 Å². The summed E-state index contributed by atoms with van der Waals surface area (Å²) in [6.07, 6.45) is 3.04. The van der Waals surface area contributed by atoms with E-state index >= 15 is 0 Å². The Labute approximate surface area is 114 Å². The number of fused-ring (bicyclic) bond motifs is 2. The lowest BCUT2D eigenvalue weighted by molar-refractivity contribution is 0.220. The Hall–Kier alpha value is -0.980. The molecule has 0 radical (unpaired) electrons. The van der Waals surface area contributed by atoms with Gasteiger partial charge in [0.25, 0.3) is 0 Å². The Morgan fingerprint density at radius 1 is 1.26 bits per heavy atom. The molecule has 1 saturated heterocycles. The van der Waals surface area contributed by atoms with Gasteiger partial charge in [0.05, 0.1) is 12.2 Å². The minimum absolute atomic E-state index is 0.385. The highest BCUT2D eigenvalue weighted by atomic mass is 32.2. The van der Waals surface area contributed by atoms with E-state index < -0.39 is 14.8 Å². The van der Waals surface area contributed by atoms with Gasteiger partial charge in [0, 0.05) is 13.2 Å². The highest BCUT2D eigenvalue weighted by molar-refractivity contribution is 7.90. The summed E-state index contributed by atoms with van der Waals surface area (Å²) in [5.41, 5.74) is 1.82. The molecule has 3 heterocycles. The number of hydrogen-bond donors (Lipinski definition) is 0. The molecular formula is C13H19N3O2S. The Balaban J connectivity index is 2.19. The second-order valence-electron chi connectivity index (χ2n) is 5.56. The molecule has 0 saturated carbocycles. The molecule has 1 aromatic rings. The maximum Gasteiger partial charge on any atom is 0.224 e. The van der Waals surface area contributed by atoms with Crippen LogP contribution in [0.3, 0.4) is 0 Å². The van der Waals surface area contributed by atoms with E-state index in [4.69, 9.17) is 0 Å². The van der Waals surface area contributed by atoms with Gasteiger partial charge in [-0.1, -0.05) is 6.07 Å². The molecule has 19 heavy (non-hydrogen) atoms. The first-order valence-electron chi connectivity index (χ1n) is 6.56. The molecule has 0 aromatic carbocycles. The molecule has 0 unspecified atom stereocenters. The number of pyridine rings is 1. The highest BCUT2D eigenvalue weighted by Crippen LogP contribution is 2.46. The summed E-state index contributed by atoms with van der Waals surface area (Å²) in [5, 5.41) is 0. The lowest BCUT2D eigenvalue weighted by Crippen LogP contribution is -2.54. The van der Waals surface area contributed by atoms with Crippen LogP contribution in [-0.4, -0.2) is 49.8 Å². The van der Waals surface area contributed by atoms with Gasteiger partial charge in [-0.2, -0.15) is 4.31 Å². The molecule has 0 atom stereocenters. The monoisotopic (exact) mass is 281 g/mol. The lowest BCUT2D eigenvalue weighted by Gasteiger charge is -2.45. The van der Waals surface area contributed by atoms with E-state index in [1.165, 1.54) is 4.31 Å². The maximum atomic E-state index is 12.8.